The van der Waals surface area contributed by atoms with Gasteiger partial charge in [0.2, 0.25) is 0 Å². The summed E-state index contributed by atoms with van der Waals surface area (Å²) in [5.74, 6) is 2.58. The van der Waals surface area contributed by atoms with Gasteiger partial charge < -0.3 is 13.9 Å². The highest BCUT2D eigenvalue weighted by atomic mass is 16.3. The van der Waals surface area contributed by atoms with E-state index in [0.29, 0.717) is 0 Å². The van der Waals surface area contributed by atoms with Crippen LogP contribution in [0, 0.1) is 17.8 Å². The molecule has 3 nitrogen and oxygen atoms in total. The fourth-order valence-corrected chi connectivity index (χ4v) is 13.4. The van der Waals surface area contributed by atoms with E-state index >= 15 is 0 Å². The third-order valence-electron chi connectivity index (χ3n) is 15.7. The Labute approximate surface area is 379 Å². The maximum atomic E-state index is 6.51. The van der Waals surface area contributed by atoms with Crippen LogP contribution in [-0.2, 0) is 5.41 Å². The van der Waals surface area contributed by atoms with Gasteiger partial charge in [0.25, 0.3) is 0 Å². The molecule has 3 heteroatoms. The number of benzene rings is 9. The predicted molar refractivity (Wildman–Crippen MR) is 271 cm³/mol. The molecule has 0 N–H and O–H groups in total. The van der Waals surface area contributed by atoms with Gasteiger partial charge in [0.1, 0.15) is 11.2 Å². The van der Waals surface area contributed by atoms with Crippen LogP contribution in [0.5, 0.6) is 0 Å². The summed E-state index contributed by atoms with van der Waals surface area (Å²) in [6.07, 6.45) is 8.26. The zero-order chi connectivity index (χ0) is 42.6. The monoisotopic (exact) mass is 836 g/mol. The summed E-state index contributed by atoms with van der Waals surface area (Å²) in [4.78, 5) is 2.54. The zero-order valence-electron chi connectivity index (χ0n) is 36.3. The number of nitrogens with zero attached hydrogens (tertiary/aromatic N) is 2. The molecule has 0 radical (unpaired) electrons. The van der Waals surface area contributed by atoms with Crippen LogP contribution in [0.15, 0.2) is 205 Å². The summed E-state index contributed by atoms with van der Waals surface area (Å²) in [7, 11) is 0. The first kappa shape index (κ1) is 37.1. The lowest BCUT2D eigenvalue weighted by atomic mass is 9.48. The van der Waals surface area contributed by atoms with Gasteiger partial charge in [-0.3, -0.25) is 0 Å². The van der Waals surface area contributed by atoms with Gasteiger partial charge in [-0.15, -0.1) is 0 Å². The molecule has 0 saturated heterocycles. The second kappa shape index (κ2) is 14.3. The van der Waals surface area contributed by atoms with Crippen LogP contribution >= 0.6 is 0 Å². The van der Waals surface area contributed by atoms with Gasteiger partial charge in [-0.05, 0) is 144 Å². The van der Waals surface area contributed by atoms with Crippen LogP contribution in [0.2, 0.25) is 0 Å². The molecule has 0 atom stereocenters. The molecule has 4 aliphatic rings. The van der Waals surface area contributed by atoms with Crippen LogP contribution in [-0.4, -0.2) is 4.57 Å². The Hall–Kier alpha value is -7.36. The lowest BCUT2D eigenvalue weighted by molar-refractivity contribution is -0.00491. The molecule has 65 heavy (non-hydrogen) atoms. The van der Waals surface area contributed by atoms with E-state index in [2.05, 4.69) is 204 Å². The Kier molecular flexibility index (Phi) is 8.17. The second-order valence-corrected chi connectivity index (χ2v) is 19.5. The molecule has 2 heterocycles. The average Bonchev–Trinajstić information content (AvgIpc) is 3.91. The Morgan fingerprint density at radius 2 is 1.09 bits per heavy atom. The number of aromatic nitrogens is 1. The normalized spacial score (nSPS) is 20.2. The van der Waals surface area contributed by atoms with Gasteiger partial charge in [-0.25, -0.2) is 0 Å². The van der Waals surface area contributed by atoms with Crippen molar-refractivity contribution in [1.82, 2.24) is 4.57 Å². The molecule has 15 rings (SSSR count). The predicted octanol–water partition coefficient (Wildman–Crippen LogP) is 17.1. The van der Waals surface area contributed by atoms with Gasteiger partial charge >= 0.3 is 0 Å². The lowest BCUT2D eigenvalue weighted by Crippen LogP contribution is -2.48. The Bertz CT molecular complexity index is 3610. The van der Waals surface area contributed by atoms with Gasteiger partial charge in [0.15, 0.2) is 0 Å². The minimum atomic E-state index is 0.235. The first-order valence-corrected chi connectivity index (χ1v) is 23.7. The molecule has 11 aromatic rings. The zero-order valence-corrected chi connectivity index (χ0v) is 36.3. The van der Waals surface area contributed by atoms with Crippen molar-refractivity contribution in [2.75, 3.05) is 4.90 Å². The Morgan fingerprint density at radius 1 is 0.462 bits per heavy atom. The van der Waals surface area contributed by atoms with Crippen LogP contribution in [0.4, 0.5) is 17.1 Å². The highest BCUT2D eigenvalue weighted by molar-refractivity contribution is 6.18. The molecule has 4 saturated carbocycles. The van der Waals surface area contributed by atoms with E-state index in [0.717, 1.165) is 56.5 Å². The molecule has 4 bridgehead atoms. The van der Waals surface area contributed by atoms with Crippen molar-refractivity contribution >= 4 is 71.6 Å². The fraction of sp³-hybridized carbons (Fsp3) is 0.161. The minimum absolute atomic E-state index is 0.235. The van der Waals surface area contributed by atoms with Crippen molar-refractivity contribution in [3.8, 4) is 27.9 Å². The van der Waals surface area contributed by atoms with Crippen LogP contribution in [0.25, 0.3) is 82.5 Å². The molecule has 312 valence electrons. The molecule has 0 aliphatic heterocycles. The summed E-state index contributed by atoms with van der Waals surface area (Å²) in [5.41, 5.74) is 15.6. The Morgan fingerprint density at radius 3 is 1.88 bits per heavy atom. The van der Waals surface area contributed by atoms with E-state index in [4.69, 9.17) is 4.42 Å². The molecular formula is C62H48N2O. The maximum absolute atomic E-state index is 6.51. The first-order chi connectivity index (χ1) is 32.1. The van der Waals surface area contributed by atoms with Crippen molar-refractivity contribution in [3.63, 3.8) is 0 Å². The molecular weight excluding hydrogens is 789 g/mol. The van der Waals surface area contributed by atoms with Gasteiger partial charge in [-0.2, -0.15) is 0 Å². The van der Waals surface area contributed by atoms with Crippen LogP contribution in [0.1, 0.15) is 44.1 Å². The average molecular weight is 837 g/mol. The number of para-hydroxylation sites is 4. The summed E-state index contributed by atoms with van der Waals surface area (Å²) < 4.78 is 8.97. The van der Waals surface area contributed by atoms with E-state index in [1.807, 2.05) is 6.07 Å². The standard InChI is InChI=1S/C62H48N2O/c1-2-14-50-44(11-1)27-32-54-52-15-3-6-20-57(52)64(60(50)54)49-13-9-12-46(36-49)43-23-28-47(29-24-43)63(58-21-7-5-19-56(58)62-37-40-33-41(38-62)35-42(34-40)39-62)48-30-25-45(26-31-48)51-17-10-18-55-53-16-4-8-22-59(53)65-61(51)55/h1-32,36,40-42H,33-35,37-39H2. The molecule has 0 spiro atoms. The SMILES string of the molecule is c1cc(-c2ccc(N(c3ccc(-c4cccc5c4oc4ccccc45)cc3)c3ccccc3C34CC5CC(CC(C5)C3)C4)cc2)cc(-n2c3ccccc3c3ccc4ccccc4c32)c1. The van der Waals surface area contributed by atoms with E-state index in [9.17, 15) is 0 Å². The first-order valence-electron chi connectivity index (χ1n) is 23.7. The molecule has 4 fully saturated rings. The van der Waals surface area contributed by atoms with Crippen molar-refractivity contribution in [3.05, 3.63) is 206 Å². The third kappa shape index (κ3) is 5.81. The molecule has 0 unspecified atom stereocenters. The summed E-state index contributed by atoms with van der Waals surface area (Å²) in [6.45, 7) is 0. The molecule has 4 aliphatic carbocycles. The lowest BCUT2D eigenvalue weighted by Gasteiger charge is -2.57. The highest BCUT2D eigenvalue weighted by Gasteiger charge is 2.52. The number of fused-ring (bicyclic) bond motifs is 8. The maximum Gasteiger partial charge on any atom is 0.143 e. The van der Waals surface area contributed by atoms with Crippen LogP contribution in [0.3, 0.4) is 0 Å². The quantitative estimate of drug-likeness (QED) is 0.159. The largest absolute Gasteiger partial charge is 0.455 e. The number of rotatable bonds is 7. The smallest absolute Gasteiger partial charge is 0.143 e. The van der Waals surface area contributed by atoms with E-state index in [-0.39, 0.29) is 5.41 Å². The van der Waals surface area contributed by atoms with E-state index in [1.165, 1.54) is 105 Å². The fourth-order valence-electron chi connectivity index (χ4n) is 13.4. The summed E-state index contributed by atoms with van der Waals surface area (Å²) in [5, 5.41) is 7.39. The van der Waals surface area contributed by atoms with Crippen LogP contribution < -0.4 is 4.90 Å². The topological polar surface area (TPSA) is 21.3 Å². The summed E-state index contributed by atoms with van der Waals surface area (Å²) in [6, 6.07) is 74.1. The number of hydrogen-bond acceptors (Lipinski definition) is 2. The van der Waals surface area contributed by atoms with Crippen molar-refractivity contribution in [1.29, 1.82) is 0 Å². The third-order valence-corrected chi connectivity index (χ3v) is 15.7. The Balaban J connectivity index is 0.884. The van der Waals surface area contributed by atoms with E-state index in [1.54, 1.807) is 0 Å². The van der Waals surface area contributed by atoms with Gasteiger partial charge in [0, 0.05) is 55.2 Å². The summed E-state index contributed by atoms with van der Waals surface area (Å²) >= 11 is 0. The number of hydrogen-bond donors (Lipinski definition) is 0. The van der Waals surface area contributed by atoms with Crippen molar-refractivity contribution < 1.29 is 4.42 Å². The van der Waals surface area contributed by atoms with Crippen molar-refractivity contribution in [2.45, 2.75) is 43.9 Å². The number of furan rings is 1. The molecule has 0 amide bonds. The minimum Gasteiger partial charge on any atom is -0.455 e. The van der Waals surface area contributed by atoms with Gasteiger partial charge in [0.05, 0.1) is 11.0 Å². The number of anilines is 3. The molecule has 9 aromatic carbocycles. The highest BCUT2D eigenvalue weighted by Crippen LogP contribution is 2.62. The van der Waals surface area contributed by atoms with Gasteiger partial charge in [-0.1, -0.05) is 146 Å². The second-order valence-electron chi connectivity index (χ2n) is 19.5. The van der Waals surface area contributed by atoms with E-state index < -0.39 is 0 Å². The van der Waals surface area contributed by atoms with Crippen molar-refractivity contribution in [2.24, 2.45) is 17.8 Å². The molecule has 2 aromatic heterocycles.